The predicted octanol–water partition coefficient (Wildman–Crippen LogP) is 1.69. The van der Waals surface area contributed by atoms with Crippen molar-refractivity contribution in [2.24, 2.45) is 13.0 Å². The molecule has 0 radical (unpaired) electrons. The van der Waals surface area contributed by atoms with Gasteiger partial charge in [0.15, 0.2) is 0 Å². The van der Waals surface area contributed by atoms with Crippen molar-refractivity contribution in [3.63, 3.8) is 0 Å². The lowest BCUT2D eigenvalue weighted by molar-refractivity contribution is -0.121. The van der Waals surface area contributed by atoms with Gasteiger partial charge >= 0.3 is 0 Å². The molecular weight excluding hydrogens is 176 g/mol. The van der Waals surface area contributed by atoms with E-state index in [9.17, 15) is 4.79 Å². The van der Waals surface area contributed by atoms with Crippen LogP contribution in [0, 0.1) is 5.92 Å². The number of aryl methyl sites for hydroxylation is 1. The molecule has 1 N–H and O–H groups in total. The highest BCUT2D eigenvalue weighted by atomic mass is 16.1. The molecular formula is C11H18N2O. The third-order valence-corrected chi connectivity index (χ3v) is 1.98. The fourth-order valence-corrected chi connectivity index (χ4v) is 1.31. The fourth-order valence-electron chi connectivity index (χ4n) is 1.31. The summed E-state index contributed by atoms with van der Waals surface area (Å²) in [7, 11) is 1.97. The molecule has 1 aromatic heterocycles. The Labute approximate surface area is 85.1 Å². The highest BCUT2D eigenvalue weighted by Crippen LogP contribution is 2.01. The fraction of sp³-hybridized carbons (Fsp3) is 0.545. The second-order valence-corrected chi connectivity index (χ2v) is 4.06. The molecule has 0 aliphatic heterocycles. The smallest absolute Gasteiger partial charge is 0.220 e. The van der Waals surface area contributed by atoms with Gasteiger partial charge in [-0.3, -0.25) is 4.79 Å². The van der Waals surface area contributed by atoms with Crippen molar-refractivity contribution in [3.8, 4) is 0 Å². The number of aromatic nitrogens is 1. The van der Waals surface area contributed by atoms with Crippen molar-refractivity contribution in [1.82, 2.24) is 9.88 Å². The van der Waals surface area contributed by atoms with E-state index in [1.165, 1.54) is 0 Å². The van der Waals surface area contributed by atoms with Gasteiger partial charge in [0.05, 0.1) is 0 Å². The van der Waals surface area contributed by atoms with Crippen molar-refractivity contribution in [2.45, 2.75) is 26.8 Å². The van der Waals surface area contributed by atoms with Gasteiger partial charge in [0.2, 0.25) is 5.91 Å². The van der Waals surface area contributed by atoms with Crippen LogP contribution in [0.4, 0.5) is 0 Å². The summed E-state index contributed by atoms with van der Waals surface area (Å²) in [5, 5.41) is 2.89. The van der Waals surface area contributed by atoms with Crippen LogP contribution in [0.15, 0.2) is 18.5 Å². The summed E-state index contributed by atoms with van der Waals surface area (Å²) in [6.45, 7) is 4.72. The van der Waals surface area contributed by atoms with E-state index in [0.29, 0.717) is 18.9 Å². The van der Waals surface area contributed by atoms with E-state index < -0.39 is 0 Å². The zero-order valence-electron chi connectivity index (χ0n) is 9.08. The molecule has 14 heavy (non-hydrogen) atoms. The van der Waals surface area contributed by atoms with Gasteiger partial charge in [-0.1, -0.05) is 13.8 Å². The van der Waals surface area contributed by atoms with Gasteiger partial charge < -0.3 is 9.88 Å². The van der Waals surface area contributed by atoms with Crippen molar-refractivity contribution >= 4 is 5.91 Å². The SMILES string of the molecule is CC(C)CC(=O)NCc1ccn(C)c1. The molecule has 78 valence electrons. The first-order valence-electron chi connectivity index (χ1n) is 4.95. The summed E-state index contributed by atoms with van der Waals surface area (Å²) in [4.78, 5) is 11.3. The van der Waals surface area contributed by atoms with Gasteiger partial charge in [0, 0.05) is 32.4 Å². The molecule has 0 atom stereocenters. The Morgan fingerprint density at radius 3 is 2.79 bits per heavy atom. The molecule has 1 aromatic rings. The third-order valence-electron chi connectivity index (χ3n) is 1.98. The average molecular weight is 194 g/mol. The second-order valence-electron chi connectivity index (χ2n) is 4.06. The molecule has 3 nitrogen and oxygen atoms in total. The minimum atomic E-state index is 0.129. The van der Waals surface area contributed by atoms with E-state index in [4.69, 9.17) is 0 Å². The maximum Gasteiger partial charge on any atom is 0.220 e. The van der Waals surface area contributed by atoms with Crippen LogP contribution in [0.3, 0.4) is 0 Å². The van der Waals surface area contributed by atoms with Crippen LogP contribution in [0.2, 0.25) is 0 Å². The van der Waals surface area contributed by atoms with Crippen LogP contribution >= 0.6 is 0 Å². The molecule has 0 unspecified atom stereocenters. The summed E-state index contributed by atoms with van der Waals surface area (Å²) >= 11 is 0. The second kappa shape index (κ2) is 4.84. The Morgan fingerprint density at radius 2 is 2.29 bits per heavy atom. The summed E-state index contributed by atoms with van der Waals surface area (Å²) in [6, 6.07) is 2.01. The Morgan fingerprint density at radius 1 is 1.57 bits per heavy atom. The molecule has 0 spiro atoms. The normalized spacial score (nSPS) is 10.6. The number of hydrogen-bond acceptors (Lipinski definition) is 1. The van der Waals surface area contributed by atoms with E-state index in [0.717, 1.165) is 5.56 Å². The van der Waals surface area contributed by atoms with Gasteiger partial charge in [0.25, 0.3) is 0 Å². The number of nitrogens with one attached hydrogen (secondary N) is 1. The first kappa shape index (κ1) is 10.8. The van der Waals surface area contributed by atoms with E-state index >= 15 is 0 Å². The molecule has 0 fully saturated rings. The number of nitrogens with zero attached hydrogens (tertiary/aromatic N) is 1. The first-order valence-corrected chi connectivity index (χ1v) is 4.95. The van der Waals surface area contributed by atoms with Gasteiger partial charge in [0.1, 0.15) is 0 Å². The highest BCUT2D eigenvalue weighted by molar-refractivity contribution is 5.76. The topological polar surface area (TPSA) is 34.0 Å². The standard InChI is InChI=1S/C11H18N2O/c1-9(2)6-11(14)12-7-10-4-5-13(3)8-10/h4-5,8-9H,6-7H2,1-3H3,(H,12,14). The zero-order valence-corrected chi connectivity index (χ0v) is 9.08. The Bertz CT molecular complexity index is 302. The Balaban J connectivity index is 2.30. The number of rotatable bonds is 4. The monoisotopic (exact) mass is 194 g/mol. The van der Waals surface area contributed by atoms with Gasteiger partial charge in [-0.25, -0.2) is 0 Å². The van der Waals surface area contributed by atoms with Crippen molar-refractivity contribution in [3.05, 3.63) is 24.0 Å². The molecule has 0 saturated carbocycles. The van der Waals surface area contributed by atoms with E-state index in [1.54, 1.807) is 0 Å². The lowest BCUT2D eigenvalue weighted by Crippen LogP contribution is -2.23. The highest BCUT2D eigenvalue weighted by Gasteiger charge is 2.04. The molecule has 0 saturated heterocycles. The predicted molar refractivity (Wildman–Crippen MR) is 56.7 cm³/mol. The van der Waals surface area contributed by atoms with Crippen molar-refractivity contribution in [1.29, 1.82) is 0 Å². The molecule has 0 aromatic carbocycles. The minimum absolute atomic E-state index is 0.129. The zero-order chi connectivity index (χ0) is 10.6. The van der Waals surface area contributed by atoms with Crippen molar-refractivity contribution in [2.75, 3.05) is 0 Å². The number of carbonyl (C=O) groups excluding carboxylic acids is 1. The minimum Gasteiger partial charge on any atom is -0.357 e. The van der Waals surface area contributed by atoms with Gasteiger partial charge in [-0.15, -0.1) is 0 Å². The number of carbonyl (C=O) groups is 1. The molecule has 1 rings (SSSR count). The van der Waals surface area contributed by atoms with Crippen molar-refractivity contribution < 1.29 is 4.79 Å². The maximum atomic E-state index is 11.3. The quantitative estimate of drug-likeness (QED) is 0.777. The summed E-state index contributed by atoms with van der Waals surface area (Å²) in [5.74, 6) is 0.551. The van der Waals surface area contributed by atoms with E-state index in [-0.39, 0.29) is 5.91 Å². The third kappa shape index (κ3) is 3.64. The van der Waals surface area contributed by atoms with Gasteiger partial charge in [-0.05, 0) is 17.5 Å². The molecule has 0 bridgehead atoms. The van der Waals surface area contributed by atoms with E-state index in [2.05, 4.69) is 5.32 Å². The average Bonchev–Trinajstić information content (AvgIpc) is 2.47. The molecule has 0 aliphatic rings. The molecule has 1 amide bonds. The molecule has 1 heterocycles. The van der Waals surface area contributed by atoms with Crippen LogP contribution in [0.1, 0.15) is 25.8 Å². The lowest BCUT2D eigenvalue weighted by atomic mass is 10.1. The Kier molecular flexibility index (Phi) is 3.74. The van der Waals surface area contributed by atoms with Crippen LogP contribution in [-0.4, -0.2) is 10.5 Å². The number of hydrogen-bond donors (Lipinski definition) is 1. The summed E-state index contributed by atoms with van der Waals surface area (Å²) < 4.78 is 1.98. The lowest BCUT2D eigenvalue weighted by Gasteiger charge is -2.05. The first-order chi connectivity index (χ1) is 6.58. The number of amides is 1. The van der Waals surface area contributed by atoms with Crippen LogP contribution in [-0.2, 0) is 18.4 Å². The van der Waals surface area contributed by atoms with Crippen LogP contribution in [0.25, 0.3) is 0 Å². The summed E-state index contributed by atoms with van der Waals surface area (Å²) in [5.41, 5.74) is 1.14. The van der Waals surface area contributed by atoms with E-state index in [1.807, 2.05) is 43.9 Å². The van der Waals surface area contributed by atoms with Crippen LogP contribution < -0.4 is 5.32 Å². The molecule has 0 aliphatic carbocycles. The maximum absolute atomic E-state index is 11.3. The summed E-state index contributed by atoms with van der Waals surface area (Å²) in [6.07, 6.45) is 4.59. The Hall–Kier alpha value is -1.25. The largest absolute Gasteiger partial charge is 0.357 e. The molecule has 3 heteroatoms. The van der Waals surface area contributed by atoms with Crippen LogP contribution in [0.5, 0.6) is 0 Å². The van der Waals surface area contributed by atoms with Gasteiger partial charge in [-0.2, -0.15) is 0 Å².